The molecule has 1 aliphatic heterocycles. The summed E-state index contributed by atoms with van der Waals surface area (Å²) in [6.45, 7) is 0. The van der Waals surface area contributed by atoms with Crippen molar-refractivity contribution in [3.63, 3.8) is 0 Å². The van der Waals surface area contributed by atoms with E-state index in [2.05, 4.69) is 4.98 Å². The van der Waals surface area contributed by atoms with Gasteiger partial charge in [-0.3, -0.25) is 0 Å². The van der Waals surface area contributed by atoms with Crippen molar-refractivity contribution in [3.05, 3.63) is 35.5 Å². The molecule has 2 heterocycles. The average molecular weight is 189 g/mol. The van der Waals surface area contributed by atoms with Gasteiger partial charge in [0.05, 0.1) is 22.0 Å². The number of hydrogen-bond donors (Lipinski definition) is 0. The van der Waals surface area contributed by atoms with Gasteiger partial charge in [0.25, 0.3) is 0 Å². The Bertz CT molecular complexity index is 487. The second-order valence-electron chi connectivity index (χ2n) is 2.94. The third-order valence-electron chi connectivity index (χ3n) is 2.17. The molecule has 1 aromatic carbocycles. The number of hydrogen-bond acceptors (Lipinski definition) is 3. The Morgan fingerprint density at radius 1 is 1.38 bits per heavy atom. The van der Waals surface area contributed by atoms with Crippen molar-refractivity contribution in [3.8, 4) is 5.75 Å². The highest BCUT2D eigenvalue weighted by molar-refractivity contribution is 7.17. The van der Waals surface area contributed by atoms with Gasteiger partial charge in [0.15, 0.2) is 0 Å². The Kier molecular flexibility index (Phi) is 1.40. The van der Waals surface area contributed by atoms with E-state index in [0.717, 1.165) is 17.7 Å². The van der Waals surface area contributed by atoms with E-state index in [9.17, 15) is 0 Å². The number of benzene rings is 1. The lowest BCUT2D eigenvalue weighted by Crippen LogP contribution is -1.95. The van der Waals surface area contributed by atoms with Gasteiger partial charge >= 0.3 is 0 Å². The van der Waals surface area contributed by atoms with Crippen molar-refractivity contribution < 1.29 is 4.74 Å². The number of nitrogens with zero attached hydrogens (tertiary/aromatic N) is 1. The fourth-order valence-electron chi connectivity index (χ4n) is 1.56. The van der Waals surface area contributed by atoms with Crippen molar-refractivity contribution >= 4 is 21.6 Å². The second kappa shape index (κ2) is 2.57. The maximum absolute atomic E-state index is 5.40. The Hall–Kier alpha value is -1.35. The SMILES string of the molecule is C1=COc2ccc3ncsc3c2C1. The van der Waals surface area contributed by atoms with E-state index in [1.165, 1.54) is 10.3 Å². The number of rotatable bonds is 0. The third kappa shape index (κ3) is 0.971. The van der Waals surface area contributed by atoms with Gasteiger partial charge < -0.3 is 4.74 Å². The van der Waals surface area contributed by atoms with Gasteiger partial charge in [0.2, 0.25) is 0 Å². The van der Waals surface area contributed by atoms with Crippen LogP contribution in [-0.4, -0.2) is 4.98 Å². The number of allylic oxidation sites excluding steroid dienone is 1. The first kappa shape index (κ1) is 7.09. The lowest BCUT2D eigenvalue weighted by atomic mass is 10.1. The topological polar surface area (TPSA) is 22.1 Å². The molecule has 1 aliphatic rings. The zero-order valence-electron chi connectivity index (χ0n) is 6.86. The smallest absolute Gasteiger partial charge is 0.131 e. The molecule has 0 amide bonds. The summed E-state index contributed by atoms with van der Waals surface area (Å²) in [5.41, 5.74) is 4.22. The largest absolute Gasteiger partial charge is 0.465 e. The maximum Gasteiger partial charge on any atom is 0.131 e. The predicted octanol–water partition coefficient (Wildman–Crippen LogP) is 2.74. The predicted molar refractivity (Wildman–Crippen MR) is 53.1 cm³/mol. The lowest BCUT2D eigenvalue weighted by Gasteiger charge is -2.11. The van der Waals surface area contributed by atoms with E-state index >= 15 is 0 Å². The van der Waals surface area contributed by atoms with E-state index in [1.807, 2.05) is 23.7 Å². The summed E-state index contributed by atoms with van der Waals surface area (Å²) in [5, 5.41) is 0. The van der Waals surface area contributed by atoms with Crippen molar-refractivity contribution in [1.29, 1.82) is 0 Å². The number of ether oxygens (including phenoxy) is 1. The normalized spacial score (nSPS) is 14.2. The van der Waals surface area contributed by atoms with Crippen LogP contribution in [-0.2, 0) is 6.42 Å². The van der Waals surface area contributed by atoms with Gasteiger partial charge in [0.1, 0.15) is 5.75 Å². The quantitative estimate of drug-likeness (QED) is 0.635. The summed E-state index contributed by atoms with van der Waals surface area (Å²) < 4.78 is 6.65. The van der Waals surface area contributed by atoms with Crippen LogP contribution in [0.1, 0.15) is 5.56 Å². The molecule has 3 rings (SSSR count). The van der Waals surface area contributed by atoms with Gasteiger partial charge in [-0.2, -0.15) is 0 Å². The molecule has 0 radical (unpaired) electrons. The van der Waals surface area contributed by atoms with Gasteiger partial charge in [-0.25, -0.2) is 4.98 Å². The summed E-state index contributed by atoms with van der Waals surface area (Å²) in [7, 11) is 0. The first-order valence-electron chi connectivity index (χ1n) is 4.12. The van der Waals surface area contributed by atoms with E-state index in [4.69, 9.17) is 4.74 Å². The Balaban J connectivity index is 2.38. The Morgan fingerprint density at radius 3 is 3.38 bits per heavy atom. The lowest BCUT2D eigenvalue weighted by molar-refractivity contribution is 0.466. The first-order chi connectivity index (χ1) is 6.45. The van der Waals surface area contributed by atoms with Crippen LogP contribution < -0.4 is 4.74 Å². The summed E-state index contributed by atoms with van der Waals surface area (Å²) >= 11 is 1.68. The minimum atomic E-state index is 0.953. The molecule has 0 atom stereocenters. The number of aromatic nitrogens is 1. The minimum absolute atomic E-state index is 0.953. The molecule has 2 nitrogen and oxygen atoms in total. The van der Waals surface area contributed by atoms with Crippen molar-refractivity contribution in [2.24, 2.45) is 0 Å². The average Bonchev–Trinajstić information content (AvgIpc) is 2.65. The summed E-state index contributed by atoms with van der Waals surface area (Å²) in [4.78, 5) is 4.27. The highest BCUT2D eigenvalue weighted by Crippen LogP contribution is 2.32. The van der Waals surface area contributed by atoms with Crippen molar-refractivity contribution in [1.82, 2.24) is 4.98 Å². The molecule has 1 aromatic heterocycles. The molecule has 0 unspecified atom stereocenters. The summed E-state index contributed by atoms with van der Waals surface area (Å²) in [5.74, 6) is 0.972. The van der Waals surface area contributed by atoms with Crippen molar-refractivity contribution in [2.45, 2.75) is 6.42 Å². The number of thiazole rings is 1. The van der Waals surface area contributed by atoms with Crippen LogP contribution in [0.15, 0.2) is 30.0 Å². The molecule has 3 heteroatoms. The summed E-state index contributed by atoms with van der Waals surface area (Å²) in [6, 6.07) is 3.99. The second-order valence-corrected chi connectivity index (χ2v) is 3.79. The standard InChI is InChI=1S/C10H7NOS/c1-2-7-9(12-5-1)4-3-8-10(7)13-6-11-8/h1,3-6H,2H2. The Morgan fingerprint density at radius 2 is 2.38 bits per heavy atom. The third-order valence-corrected chi connectivity index (χ3v) is 3.07. The van der Waals surface area contributed by atoms with Gasteiger partial charge in [-0.1, -0.05) is 0 Å². The van der Waals surface area contributed by atoms with E-state index in [-0.39, 0.29) is 0 Å². The van der Waals surface area contributed by atoms with E-state index in [1.54, 1.807) is 17.6 Å². The summed E-state index contributed by atoms with van der Waals surface area (Å²) in [6.07, 6.45) is 4.73. The highest BCUT2D eigenvalue weighted by atomic mass is 32.1. The molecule has 0 spiro atoms. The molecule has 13 heavy (non-hydrogen) atoms. The van der Waals surface area contributed by atoms with Crippen LogP contribution in [0.2, 0.25) is 0 Å². The van der Waals surface area contributed by atoms with Crippen LogP contribution in [0.5, 0.6) is 5.75 Å². The van der Waals surface area contributed by atoms with Gasteiger partial charge in [0, 0.05) is 5.56 Å². The highest BCUT2D eigenvalue weighted by Gasteiger charge is 2.11. The molecule has 0 saturated carbocycles. The molecule has 64 valence electrons. The zero-order valence-corrected chi connectivity index (χ0v) is 7.67. The molecule has 0 saturated heterocycles. The van der Waals surface area contributed by atoms with E-state index < -0.39 is 0 Å². The molecule has 0 N–H and O–H groups in total. The van der Waals surface area contributed by atoms with Crippen LogP contribution in [0.4, 0.5) is 0 Å². The van der Waals surface area contributed by atoms with Gasteiger partial charge in [-0.15, -0.1) is 11.3 Å². The van der Waals surface area contributed by atoms with E-state index in [0.29, 0.717) is 0 Å². The van der Waals surface area contributed by atoms with Crippen LogP contribution in [0.25, 0.3) is 10.2 Å². The van der Waals surface area contributed by atoms with Gasteiger partial charge in [-0.05, 0) is 24.6 Å². The van der Waals surface area contributed by atoms with Crippen LogP contribution in [0, 0.1) is 0 Å². The molecule has 0 fully saturated rings. The first-order valence-corrected chi connectivity index (χ1v) is 5.00. The molecule has 0 bridgehead atoms. The number of fused-ring (bicyclic) bond motifs is 3. The molecule has 2 aromatic rings. The monoisotopic (exact) mass is 189 g/mol. The molecule has 0 aliphatic carbocycles. The molecular formula is C10H7NOS. The van der Waals surface area contributed by atoms with Crippen molar-refractivity contribution in [2.75, 3.05) is 0 Å². The van der Waals surface area contributed by atoms with Crippen LogP contribution >= 0.6 is 11.3 Å². The fourth-order valence-corrected chi connectivity index (χ4v) is 2.40. The maximum atomic E-state index is 5.40. The zero-order chi connectivity index (χ0) is 8.67. The Labute approximate surface area is 79.5 Å². The fraction of sp³-hybridized carbons (Fsp3) is 0.100. The molecular weight excluding hydrogens is 182 g/mol. The van der Waals surface area contributed by atoms with Crippen LogP contribution in [0.3, 0.4) is 0 Å². The minimum Gasteiger partial charge on any atom is -0.465 e.